The predicted octanol–water partition coefficient (Wildman–Crippen LogP) is 9.06. The van der Waals surface area contributed by atoms with Gasteiger partial charge in [0.1, 0.15) is 5.82 Å². The van der Waals surface area contributed by atoms with E-state index in [1.807, 2.05) is 30.3 Å². The lowest BCUT2D eigenvalue weighted by Crippen LogP contribution is -2.50. The molecule has 4 aromatic rings. The Morgan fingerprint density at radius 1 is 0.700 bits per heavy atom. The number of nitrogens with one attached hydrogen (secondary N) is 1. The number of halogens is 5. The van der Waals surface area contributed by atoms with Crippen LogP contribution in [0.25, 0.3) is 11.4 Å². The fourth-order valence-electron chi connectivity index (χ4n) is 5.58. The second kappa shape index (κ2) is 15.5. The van der Waals surface area contributed by atoms with Gasteiger partial charge in [0.15, 0.2) is 0 Å². The van der Waals surface area contributed by atoms with E-state index in [-0.39, 0.29) is 49.3 Å². The first kappa shape index (κ1) is 34.4. The molecule has 1 aliphatic heterocycles. The summed E-state index contributed by atoms with van der Waals surface area (Å²) in [6, 6.07) is 27.3. The van der Waals surface area contributed by atoms with Crippen LogP contribution >= 0.6 is 60.4 Å². The third-order valence-corrected chi connectivity index (χ3v) is 7.86. The van der Waals surface area contributed by atoms with Crippen LogP contribution in [0.4, 0.5) is 0 Å². The van der Waals surface area contributed by atoms with E-state index in [1.54, 1.807) is 0 Å². The van der Waals surface area contributed by atoms with E-state index in [9.17, 15) is 0 Å². The zero-order valence-corrected chi connectivity index (χ0v) is 26.8. The summed E-state index contributed by atoms with van der Waals surface area (Å²) in [7, 11) is 0. The van der Waals surface area contributed by atoms with Crippen molar-refractivity contribution in [2.45, 2.75) is 32.9 Å². The number of benzene rings is 3. The number of aromatic nitrogens is 2. The van der Waals surface area contributed by atoms with Crippen molar-refractivity contribution in [3.05, 3.63) is 111 Å². The lowest BCUT2D eigenvalue weighted by molar-refractivity contribution is 0.0599. The van der Waals surface area contributed by atoms with Gasteiger partial charge in [0.2, 0.25) is 0 Å². The molecule has 1 N–H and O–H groups in total. The van der Waals surface area contributed by atoms with Gasteiger partial charge in [0.25, 0.3) is 0 Å². The van der Waals surface area contributed by atoms with E-state index in [0.29, 0.717) is 5.92 Å². The van der Waals surface area contributed by atoms with Crippen LogP contribution in [0.2, 0.25) is 10.0 Å². The molecule has 1 fully saturated rings. The lowest BCUT2D eigenvalue weighted by atomic mass is 9.94. The van der Waals surface area contributed by atoms with Gasteiger partial charge in [0, 0.05) is 47.5 Å². The Hall–Kier alpha value is -1.76. The number of imidazole rings is 1. The monoisotopic (exact) mass is 640 g/mol. The first-order valence-electron chi connectivity index (χ1n) is 13.0. The summed E-state index contributed by atoms with van der Waals surface area (Å²) in [6.07, 6.45) is 0. The maximum atomic E-state index is 6.22. The van der Waals surface area contributed by atoms with Gasteiger partial charge in [0.05, 0.1) is 17.8 Å². The summed E-state index contributed by atoms with van der Waals surface area (Å²) < 4.78 is 0. The highest BCUT2D eigenvalue weighted by molar-refractivity contribution is 6.30. The molecule has 0 saturated carbocycles. The van der Waals surface area contributed by atoms with Crippen molar-refractivity contribution in [2.24, 2.45) is 5.92 Å². The van der Waals surface area contributed by atoms with Gasteiger partial charge in [-0.25, -0.2) is 4.98 Å². The van der Waals surface area contributed by atoms with Crippen LogP contribution in [0, 0.1) is 12.8 Å². The molecule has 1 aromatic heterocycles. The minimum atomic E-state index is 0. The Labute approximate surface area is 266 Å². The molecule has 1 atom stereocenters. The second-order valence-electron chi connectivity index (χ2n) is 10.2. The molecule has 1 aliphatic rings. The largest absolute Gasteiger partial charge is 0.342 e. The van der Waals surface area contributed by atoms with Crippen molar-refractivity contribution in [3.63, 3.8) is 0 Å². The van der Waals surface area contributed by atoms with E-state index >= 15 is 0 Å². The number of hydrogen-bond acceptors (Lipinski definition) is 3. The summed E-state index contributed by atoms with van der Waals surface area (Å²) in [4.78, 5) is 13.8. The second-order valence-corrected chi connectivity index (χ2v) is 11.1. The smallest absolute Gasteiger partial charge is 0.137 e. The van der Waals surface area contributed by atoms with E-state index in [1.165, 1.54) is 11.1 Å². The first-order chi connectivity index (χ1) is 17.9. The van der Waals surface area contributed by atoms with Crippen LogP contribution in [0.3, 0.4) is 0 Å². The number of aryl methyl sites for hydroxylation is 1. The van der Waals surface area contributed by atoms with Crippen LogP contribution in [0.5, 0.6) is 0 Å². The average molecular weight is 643 g/mol. The molecule has 2 heterocycles. The van der Waals surface area contributed by atoms with E-state index < -0.39 is 0 Å². The highest BCUT2D eigenvalue weighted by atomic mass is 35.5. The molecule has 1 unspecified atom stereocenters. The molecule has 0 bridgehead atoms. The number of rotatable bonds is 7. The maximum absolute atomic E-state index is 6.22. The summed E-state index contributed by atoms with van der Waals surface area (Å²) in [5, 5.41) is 1.51. The predicted molar refractivity (Wildman–Crippen MR) is 176 cm³/mol. The van der Waals surface area contributed by atoms with Crippen molar-refractivity contribution < 1.29 is 0 Å². The Bertz CT molecular complexity index is 1260. The molecule has 0 spiro atoms. The molecule has 40 heavy (non-hydrogen) atoms. The summed E-state index contributed by atoms with van der Waals surface area (Å²) in [5.41, 5.74) is 5.93. The SMILES string of the molecule is Cc1[nH]c(-c2ccccc2)nc1C(C(C)C)N1CCN(C(c2ccc(Cl)cc2)c2ccc(Cl)cc2)CC1.Cl.Cl.Cl. The van der Waals surface area contributed by atoms with Crippen molar-refractivity contribution in [1.29, 1.82) is 0 Å². The first-order valence-corrected chi connectivity index (χ1v) is 13.8. The minimum absolute atomic E-state index is 0. The summed E-state index contributed by atoms with van der Waals surface area (Å²) in [5.74, 6) is 1.39. The Balaban J connectivity index is 0.00000187. The Morgan fingerprint density at radius 2 is 1.18 bits per heavy atom. The number of nitrogens with zero attached hydrogens (tertiary/aromatic N) is 3. The van der Waals surface area contributed by atoms with Gasteiger partial charge in [-0.2, -0.15) is 0 Å². The van der Waals surface area contributed by atoms with E-state index in [4.69, 9.17) is 28.2 Å². The molecule has 0 aliphatic carbocycles. The number of H-pyrrole nitrogens is 1. The molecule has 9 heteroatoms. The van der Waals surface area contributed by atoms with Crippen LogP contribution in [0.1, 0.15) is 48.4 Å². The third-order valence-electron chi connectivity index (χ3n) is 7.36. The van der Waals surface area contributed by atoms with Crippen molar-refractivity contribution in [1.82, 2.24) is 19.8 Å². The maximum Gasteiger partial charge on any atom is 0.137 e. The van der Waals surface area contributed by atoms with Gasteiger partial charge in [-0.3, -0.25) is 9.80 Å². The molecule has 1 saturated heterocycles. The Morgan fingerprint density at radius 3 is 1.65 bits per heavy atom. The van der Waals surface area contributed by atoms with Gasteiger partial charge in [-0.15, -0.1) is 37.2 Å². The molecule has 216 valence electrons. The summed E-state index contributed by atoms with van der Waals surface area (Å²) in [6.45, 7) is 10.6. The standard InChI is InChI=1S/C31H34Cl2N4.3ClH/c1-21(2)29(28-22(3)34-31(35-28)25-7-5-4-6-8-25)36-17-19-37(20-18-36)30(23-9-13-26(32)14-10-23)24-11-15-27(33)16-12-24;;;/h4-16,21,29-30H,17-20H2,1-3H3,(H,34,35);3*1H. The highest BCUT2D eigenvalue weighted by Crippen LogP contribution is 2.35. The Kier molecular flexibility index (Phi) is 13.3. The quantitative estimate of drug-likeness (QED) is 0.219. The van der Waals surface area contributed by atoms with E-state index in [2.05, 4.69) is 84.1 Å². The van der Waals surface area contributed by atoms with Crippen molar-refractivity contribution in [3.8, 4) is 11.4 Å². The fraction of sp³-hybridized carbons (Fsp3) is 0.323. The van der Waals surface area contributed by atoms with E-state index in [0.717, 1.165) is 59.0 Å². The average Bonchev–Trinajstić information content (AvgIpc) is 3.29. The molecule has 5 rings (SSSR count). The summed E-state index contributed by atoms with van der Waals surface area (Å²) >= 11 is 12.4. The fourth-order valence-corrected chi connectivity index (χ4v) is 5.83. The molecular formula is C31H37Cl5N4. The van der Waals surface area contributed by atoms with Crippen LogP contribution in [-0.2, 0) is 0 Å². The van der Waals surface area contributed by atoms with Crippen molar-refractivity contribution >= 4 is 60.4 Å². The van der Waals surface area contributed by atoms with Crippen LogP contribution < -0.4 is 0 Å². The number of hydrogen-bond donors (Lipinski definition) is 1. The molecule has 4 nitrogen and oxygen atoms in total. The highest BCUT2D eigenvalue weighted by Gasteiger charge is 2.33. The van der Waals surface area contributed by atoms with Crippen LogP contribution in [-0.4, -0.2) is 45.9 Å². The topological polar surface area (TPSA) is 35.2 Å². The van der Waals surface area contributed by atoms with Gasteiger partial charge < -0.3 is 4.98 Å². The molecule has 3 aromatic carbocycles. The lowest BCUT2D eigenvalue weighted by Gasteiger charge is -2.43. The zero-order chi connectivity index (χ0) is 25.9. The van der Waals surface area contributed by atoms with Gasteiger partial charge in [-0.1, -0.05) is 91.6 Å². The van der Waals surface area contributed by atoms with Gasteiger partial charge in [-0.05, 0) is 48.2 Å². The normalized spacial score (nSPS) is 14.8. The van der Waals surface area contributed by atoms with Gasteiger partial charge >= 0.3 is 0 Å². The third kappa shape index (κ3) is 7.74. The van der Waals surface area contributed by atoms with Crippen molar-refractivity contribution in [2.75, 3.05) is 26.2 Å². The molecule has 0 amide bonds. The zero-order valence-electron chi connectivity index (χ0n) is 22.9. The number of piperazine rings is 1. The molecular weight excluding hydrogens is 606 g/mol. The minimum Gasteiger partial charge on any atom is -0.342 e. The number of aromatic amines is 1. The van der Waals surface area contributed by atoms with Crippen LogP contribution in [0.15, 0.2) is 78.9 Å². The molecule has 0 radical (unpaired) electrons.